The van der Waals surface area contributed by atoms with Crippen molar-refractivity contribution >= 4 is 17.7 Å². The van der Waals surface area contributed by atoms with Crippen LogP contribution in [0.4, 0.5) is 0 Å². The molecule has 0 aliphatic carbocycles. The lowest BCUT2D eigenvalue weighted by Crippen LogP contribution is -2.11. The number of aromatic nitrogens is 3. The van der Waals surface area contributed by atoms with Crippen molar-refractivity contribution in [3.05, 3.63) is 29.8 Å². The van der Waals surface area contributed by atoms with Crippen molar-refractivity contribution in [2.45, 2.75) is 24.3 Å². The summed E-state index contributed by atoms with van der Waals surface area (Å²) in [6.45, 7) is 3.62. The zero-order valence-corrected chi connectivity index (χ0v) is 10.9. The van der Waals surface area contributed by atoms with Crippen LogP contribution in [0.3, 0.4) is 0 Å². The number of aliphatic carboxylic acids is 1. The molecule has 0 aliphatic heterocycles. The summed E-state index contributed by atoms with van der Waals surface area (Å²) in [7, 11) is 0. The van der Waals surface area contributed by atoms with Gasteiger partial charge in [0.2, 0.25) is 5.16 Å². The van der Waals surface area contributed by atoms with Gasteiger partial charge in [-0.05, 0) is 13.8 Å². The maximum atomic E-state index is 10.7. The number of nitrogens with zero attached hydrogens (tertiary/aromatic N) is 2. The average Bonchev–Trinajstić information content (AvgIpc) is 2.78. The van der Waals surface area contributed by atoms with Crippen LogP contribution in [0.1, 0.15) is 12.5 Å². The minimum absolute atomic E-state index is 0.445. The molecule has 2 rings (SSSR count). The van der Waals surface area contributed by atoms with Crippen molar-refractivity contribution in [2.24, 2.45) is 0 Å². The van der Waals surface area contributed by atoms with Gasteiger partial charge in [0.15, 0.2) is 5.82 Å². The zero-order chi connectivity index (χ0) is 13.1. The van der Waals surface area contributed by atoms with Gasteiger partial charge in [0, 0.05) is 5.56 Å². The van der Waals surface area contributed by atoms with Gasteiger partial charge in [-0.1, -0.05) is 41.6 Å². The molecule has 1 aromatic heterocycles. The third-order valence-electron chi connectivity index (χ3n) is 2.42. The van der Waals surface area contributed by atoms with Crippen molar-refractivity contribution in [1.82, 2.24) is 15.2 Å². The van der Waals surface area contributed by atoms with E-state index in [9.17, 15) is 4.79 Å². The Morgan fingerprint density at radius 3 is 2.67 bits per heavy atom. The Balaban J connectivity index is 2.15. The normalized spacial score (nSPS) is 12.3. The second kappa shape index (κ2) is 5.22. The molecule has 1 heterocycles. The van der Waals surface area contributed by atoms with Crippen molar-refractivity contribution in [3.63, 3.8) is 0 Å². The second-order valence-corrected chi connectivity index (χ2v) is 5.24. The first-order chi connectivity index (χ1) is 8.56. The minimum atomic E-state index is -0.873. The summed E-state index contributed by atoms with van der Waals surface area (Å²) >= 11 is 1.12. The summed E-state index contributed by atoms with van der Waals surface area (Å²) in [5.41, 5.74) is 2.11. The highest BCUT2D eigenvalue weighted by atomic mass is 32.2. The molecule has 18 heavy (non-hydrogen) atoms. The van der Waals surface area contributed by atoms with Gasteiger partial charge in [-0.3, -0.25) is 9.89 Å². The number of carbonyl (C=O) groups is 1. The van der Waals surface area contributed by atoms with E-state index >= 15 is 0 Å². The first kappa shape index (κ1) is 12.6. The number of benzene rings is 1. The molecule has 2 N–H and O–H groups in total. The van der Waals surface area contributed by atoms with Gasteiger partial charge in [-0.25, -0.2) is 4.98 Å². The van der Waals surface area contributed by atoms with Crippen LogP contribution >= 0.6 is 11.8 Å². The van der Waals surface area contributed by atoms with E-state index in [0.717, 1.165) is 17.3 Å². The van der Waals surface area contributed by atoms with E-state index in [1.807, 2.05) is 31.2 Å². The third-order valence-corrected chi connectivity index (χ3v) is 3.37. The highest BCUT2D eigenvalue weighted by Crippen LogP contribution is 2.22. The standard InChI is InChI=1S/C12H13N3O2S/c1-7-3-5-9(6-4-7)10-13-12(15-14-10)18-8(2)11(16)17/h3-6,8H,1-2H3,(H,16,17)(H,13,14,15). The van der Waals surface area contributed by atoms with Crippen LogP contribution in [0.2, 0.25) is 0 Å². The SMILES string of the molecule is Cc1ccc(-c2nc(SC(C)C(=O)O)n[nH]2)cc1. The topological polar surface area (TPSA) is 78.9 Å². The molecule has 6 heteroatoms. The van der Waals surface area contributed by atoms with Crippen LogP contribution in [0.5, 0.6) is 0 Å². The van der Waals surface area contributed by atoms with Crippen LogP contribution in [0.15, 0.2) is 29.4 Å². The second-order valence-electron chi connectivity index (χ2n) is 3.93. The molecule has 0 saturated carbocycles. The quantitative estimate of drug-likeness (QED) is 0.828. The van der Waals surface area contributed by atoms with Crippen molar-refractivity contribution in [1.29, 1.82) is 0 Å². The summed E-state index contributed by atoms with van der Waals surface area (Å²) in [5, 5.41) is 15.5. The van der Waals surface area contributed by atoms with Crippen molar-refractivity contribution < 1.29 is 9.90 Å². The molecule has 0 radical (unpaired) electrons. The van der Waals surface area contributed by atoms with Gasteiger partial charge in [-0.15, -0.1) is 5.10 Å². The fraction of sp³-hybridized carbons (Fsp3) is 0.250. The van der Waals surface area contributed by atoms with Crippen LogP contribution in [-0.2, 0) is 4.79 Å². The Morgan fingerprint density at radius 1 is 1.39 bits per heavy atom. The minimum Gasteiger partial charge on any atom is -0.480 e. The average molecular weight is 263 g/mol. The van der Waals surface area contributed by atoms with Gasteiger partial charge >= 0.3 is 5.97 Å². The van der Waals surface area contributed by atoms with E-state index in [2.05, 4.69) is 15.2 Å². The predicted octanol–water partition coefficient (Wildman–Crippen LogP) is 2.35. The monoisotopic (exact) mass is 263 g/mol. The number of aromatic amines is 1. The summed E-state index contributed by atoms with van der Waals surface area (Å²) in [5.74, 6) is -0.225. The molecule has 1 atom stereocenters. The molecule has 94 valence electrons. The largest absolute Gasteiger partial charge is 0.480 e. The smallest absolute Gasteiger partial charge is 0.316 e. The lowest BCUT2D eigenvalue weighted by molar-refractivity contribution is -0.136. The number of H-pyrrole nitrogens is 1. The Bertz CT molecular complexity index is 551. The van der Waals surface area contributed by atoms with Crippen molar-refractivity contribution in [3.8, 4) is 11.4 Å². The Labute approximate surface area is 109 Å². The zero-order valence-electron chi connectivity index (χ0n) is 10.0. The fourth-order valence-electron chi connectivity index (χ4n) is 1.35. The third kappa shape index (κ3) is 2.89. The molecule has 1 aromatic carbocycles. The molecule has 0 fully saturated rings. The predicted molar refractivity (Wildman–Crippen MR) is 69.5 cm³/mol. The number of carboxylic acids is 1. The molecular weight excluding hydrogens is 250 g/mol. The summed E-state index contributed by atoms with van der Waals surface area (Å²) in [6, 6.07) is 7.88. The van der Waals surface area contributed by atoms with E-state index in [4.69, 9.17) is 5.11 Å². The van der Waals surface area contributed by atoms with Crippen LogP contribution in [0, 0.1) is 6.92 Å². The van der Waals surface area contributed by atoms with Gasteiger partial charge in [0.05, 0.1) is 0 Å². The molecule has 0 amide bonds. The molecule has 0 spiro atoms. The van der Waals surface area contributed by atoms with Gasteiger partial charge in [0.1, 0.15) is 5.25 Å². The molecule has 0 aliphatic rings. The van der Waals surface area contributed by atoms with Gasteiger partial charge < -0.3 is 5.11 Å². The van der Waals surface area contributed by atoms with E-state index in [1.54, 1.807) is 6.92 Å². The summed E-state index contributed by atoms with van der Waals surface area (Å²) in [6.07, 6.45) is 0. The number of rotatable bonds is 4. The summed E-state index contributed by atoms with van der Waals surface area (Å²) in [4.78, 5) is 15.0. The number of carboxylic acid groups (broad SMARTS) is 1. The van der Waals surface area contributed by atoms with E-state index in [1.165, 1.54) is 5.56 Å². The maximum Gasteiger partial charge on any atom is 0.316 e. The van der Waals surface area contributed by atoms with Crippen LogP contribution in [0.25, 0.3) is 11.4 Å². The lowest BCUT2D eigenvalue weighted by atomic mass is 10.1. The molecule has 5 nitrogen and oxygen atoms in total. The molecule has 2 aromatic rings. The first-order valence-corrected chi connectivity index (χ1v) is 6.33. The maximum absolute atomic E-state index is 10.7. The van der Waals surface area contributed by atoms with E-state index in [-0.39, 0.29) is 0 Å². The number of hydrogen-bond acceptors (Lipinski definition) is 4. The number of aryl methyl sites for hydroxylation is 1. The number of nitrogens with one attached hydrogen (secondary N) is 1. The van der Waals surface area contributed by atoms with Crippen LogP contribution < -0.4 is 0 Å². The number of hydrogen-bond donors (Lipinski definition) is 2. The Morgan fingerprint density at radius 2 is 2.06 bits per heavy atom. The Hall–Kier alpha value is -1.82. The number of thioether (sulfide) groups is 1. The van der Waals surface area contributed by atoms with Gasteiger partial charge in [-0.2, -0.15) is 0 Å². The van der Waals surface area contributed by atoms with Crippen molar-refractivity contribution in [2.75, 3.05) is 0 Å². The first-order valence-electron chi connectivity index (χ1n) is 5.45. The van der Waals surface area contributed by atoms with E-state index in [0.29, 0.717) is 11.0 Å². The van der Waals surface area contributed by atoms with Crippen LogP contribution in [-0.4, -0.2) is 31.5 Å². The van der Waals surface area contributed by atoms with Gasteiger partial charge in [0.25, 0.3) is 0 Å². The highest BCUT2D eigenvalue weighted by Gasteiger charge is 2.15. The molecule has 0 saturated heterocycles. The Kier molecular flexibility index (Phi) is 3.66. The highest BCUT2D eigenvalue weighted by molar-refractivity contribution is 8.00. The summed E-state index contributed by atoms with van der Waals surface area (Å²) < 4.78 is 0. The molecule has 1 unspecified atom stereocenters. The molecular formula is C12H13N3O2S. The van der Waals surface area contributed by atoms with E-state index < -0.39 is 11.2 Å². The fourth-order valence-corrected chi connectivity index (χ4v) is 2.01. The lowest BCUT2D eigenvalue weighted by Gasteiger charge is -2.00. The molecule has 0 bridgehead atoms.